The minimum atomic E-state index is 0.00940. The van der Waals surface area contributed by atoms with E-state index in [1.165, 1.54) is 18.7 Å². The number of methoxy groups -OCH3 is 2. The van der Waals surface area contributed by atoms with Gasteiger partial charge in [-0.05, 0) is 37.3 Å². The lowest BCUT2D eigenvalue weighted by atomic mass is 10.1. The van der Waals surface area contributed by atoms with Crippen molar-refractivity contribution in [2.45, 2.75) is 17.9 Å². The first-order valence-electron chi connectivity index (χ1n) is 7.90. The second kappa shape index (κ2) is 8.05. The Morgan fingerprint density at radius 2 is 1.85 bits per heavy atom. The van der Waals surface area contributed by atoms with Crippen LogP contribution in [-0.4, -0.2) is 30.2 Å². The maximum atomic E-state index is 11.6. The summed E-state index contributed by atoms with van der Waals surface area (Å²) in [5, 5.41) is 8.60. The SMILES string of the molecule is COc1ccc(C(C)=O)cc1CSc1nnc(-c2ccccc2OC)o1. The maximum Gasteiger partial charge on any atom is 0.277 e. The van der Waals surface area contributed by atoms with Crippen molar-refractivity contribution in [1.82, 2.24) is 10.2 Å². The van der Waals surface area contributed by atoms with Crippen molar-refractivity contribution in [3.8, 4) is 23.0 Å². The van der Waals surface area contributed by atoms with Crippen molar-refractivity contribution < 1.29 is 18.7 Å². The van der Waals surface area contributed by atoms with E-state index in [9.17, 15) is 4.79 Å². The largest absolute Gasteiger partial charge is 0.496 e. The van der Waals surface area contributed by atoms with Crippen LogP contribution in [0.5, 0.6) is 11.5 Å². The molecule has 2 aromatic carbocycles. The first-order chi connectivity index (χ1) is 12.6. The van der Waals surface area contributed by atoms with Crippen LogP contribution >= 0.6 is 11.8 Å². The number of thioether (sulfide) groups is 1. The fourth-order valence-corrected chi connectivity index (χ4v) is 3.19. The standard InChI is InChI=1S/C19H18N2O4S/c1-12(22)13-8-9-16(23-2)14(10-13)11-26-19-21-20-18(25-19)15-6-4-5-7-17(15)24-3/h4-10H,11H2,1-3H3. The fraction of sp³-hybridized carbons (Fsp3) is 0.211. The third-order valence-electron chi connectivity index (χ3n) is 3.78. The number of ether oxygens (including phenoxy) is 2. The minimum Gasteiger partial charge on any atom is -0.496 e. The normalized spacial score (nSPS) is 10.6. The molecule has 0 bridgehead atoms. The van der Waals surface area contributed by atoms with Crippen LogP contribution in [0.15, 0.2) is 52.1 Å². The van der Waals surface area contributed by atoms with Crippen LogP contribution < -0.4 is 9.47 Å². The molecule has 0 radical (unpaired) electrons. The Kier molecular flexibility index (Phi) is 5.58. The first-order valence-corrected chi connectivity index (χ1v) is 8.88. The van der Waals surface area contributed by atoms with E-state index >= 15 is 0 Å². The van der Waals surface area contributed by atoms with Crippen LogP contribution in [-0.2, 0) is 5.75 Å². The van der Waals surface area contributed by atoms with E-state index in [0.717, 1.165) is 11.1 Å². The zero-order valence-electron chi connectivity index (χ0n) is 14.7. The Bertz CT molecular complexity index is 923. The van der Waals surface area contributed by atoms with Gasteiger partial charge in [-0.25, -0.2) is 0 Å². The highest BCUT2D eigenvalue weighted by Gasteiger charge is 2.14. The molecule has 0 saturated heterocycles. The summed E-state index contributed by atoms with van der Waals surface area (Å²) in [6.07, 6.45) is 0. The number of aromatic nitrogens is 2. The molecule has 3 rings (SSSR count). The molecule has 134 valence electrons. The molecule has 0 amide bonds. The predicted octanol–water partition coefficient (Wildman–Crippen LogP) is 4.25. The summed E-state index contributed by atoms with van der Waals surface area (Å²) in [7, 11) is 3.20. The number of carbonyl (C=O) groups excluding carboxylic acids is 1. The molecule has 0 atom stereocenters. The smallest absolute Gasteiger partial charge is 0.277 e. The van der Waals surface area contributed by atoms with E-state index in [1.807, 2.05) is 30.3 Å². The van der Waals surface area contributed by atoms with Crippen LogP contribution in [0.25, 0.3) is 11.5 Å². The molecule has 1 heterocycles. The number of carbonyl (C=O) groups is 1. The highest BCUT2D eigenvalue weighted by atomic mass is 32.2. The average molecular weight is 370 g/mol. The minimum absolute atomic E-state index is 0.00940. The lowest BCUT2D eigenvalue weighted by Crippen LogP contribution is -1.96. The first kappa shape index (κ1) is 18.0. The Balaban J connectivity index is 1.78. The quantitative estimate of drug-likeness (QED) is 0.455. The fourth-order valence-electron chi connectivity index (χ4n) is 2.45. The van der Waals surface area contributed by atoms with E-state index < -0.39 is 0 Å². The Labute approximate surface area is 155 Å². The number of hydrogen-bond donors (Lipinski definition) is 0. The maximum absolute atomic E-state index is 11.6. The van der Waals surface area contributed by atoms with Crippen molar-refractivity contribution >= 4 is 17.5 Å². The molecule has 0 aliphatic heterocycles. The summed E-state index contributed by atoms with van der Waals surface area (Å²) in [5.41, 5.74) is 2.27. The number of rotatable bonds is 7. The van der Waals surface area contributed by atoms with Gasteiger partial charge in [0, 0.05) is 16.9 Å². The van der Waals surface area contributed by atoms with Gasteiger partial charge in [0.05, 0.1) is 19.8 Å². The number of nitrogens with zero attached hydrogens (tertiary/aromatic N) is 2. The molecule has 0 unspecified atom stereocenters. The van der Waals surface area contributed by atoms with Gasteiger partial charge in [0.25, 0.3) is 11.1 Å². The van der Waals surface area contributed by atoms with Crippen LogP contribution in [0, 0.1) is 0 Å². The van der Waals surface area contributed by atoms with Crippen molar-refractivity contribution in [1.29, 1.82) is 0 Å². The van der Waals surface area contributed by atoms with Gasteiger partial charge in [-0.15, -0.1) is 10.2 Å². The number of Topliss-reactive ketones (excluding diaryl/α,β-unsaturated/α-hetero) is 1. The number of hydrogen-bond acceptors (Lipinski definition) is 7. The molecule has 3 aromatic rings. The van der Waals surface area contributed by atoms with Gasteiger partial charge in [0.1, 0.15) is 11.5 Å². The van der Waals surface area contributed by atoms with Crippen molar-refractivity contribution in [3.05, 3.63) is 53.6 Å². The van der Waals surface area contributed by atoms with Gasteiger partial charge in [0.15, 0.2) is 5.78 Å². The molecule has 1 aromatic heterocycles. The van der Waals surface area contributed by atoms with E-state index in [1.54, 1.807) is 26.4 Å². The molecular formula is C19H18N2O4S. The third kappa shape index (κ3) is 3.88. The van der Waals surface area contributed by atoms with Crippen LogP contribution in [0.2, 0.25) is 0 Å². The molecular weight excluding hydrogens is 352 g/mol. The van der Waals surface area contributed by atoms with Crippen LogP contribution in [0.4, 0.5) is 0 Å². The lowest BCUT2D eigenvalue weighted by Gasteiger charge is -2.08. The number of ketones is 1. The highest BCUT2D eigenvalue weighted by molar-refractivity contribution is 7.98. The Morgan fingerprint density at radius 3 is 2.58 bits per heavy atom. The van der Waals surface area contributed by atoms with Gasteiger partial charge in [-0.2, -0.15) is 0 Å². The average Bonchev–Trinajstić information content (AvgIpc) is 3.14. The van der Waals surface area contributed by atoms with Gasteiger partial charge < -0.3 is 13.9 Å². The number of para-hydroxylation sites is 1. The molecule has 6 nitrogen and oxygen atoms in total. The molecule has 0 saturated carbocycles. The summed E-state index contributed by atoms with van der Waals surface area (Å²) in [4.78, 5) is 11.6. The Morgan fingerprint density at radius 1 is 1.08 bits per heavy atom. The molecule has 7 heteroatoms. The Hall–Kier alpha value is -2.80. The highest BCUT2D eigenvalue weighted by Crippen LogP contribution is 2.32. The summed E-state index contributed by atoms with van der Waals surface area (Å²) in [5.74, 6) is 2.33. The van der Waals surface area contributed by atoms with E-state index in [0.29, 0.717) is 33.9 Å². The van der Waals surface area contributed by atoms with Gasteiger partial charge in [-0.1, -0.05) is 23.9 Å². The van der Waals surface area contributed by atoms with Crippen molar-refractivity contribution in [2.24, 2.45) is 0 Å². The van der Waals surface area contributed by atoms with E-state index in [4.69, 9.17) is 13.9 Å². The van der Waals surface area contributed by atoms with Gasteiger partial charge in [0.2, 0.25) is 0 Å². The predicted molar refractivity (Wildman–Crippen MR) is 98.8 cm³/mol. The topological polar surface area (TPSA) is 74.5 Å². The number of benzene rings is 2. The lowest BCUT2D eigenvalue weighted by molar-refractivity contribution is 0.101. The zero-order chi connectivity index (χ0) is 18.5. The molecule has 0 N–H and O–H groups in total. The van der Waals surface area contributed by atoms with Crippen LogP contribution in [0.1, 0.15) is 22.8 Å². The second-order valence-corrected chi connectivity index (χ2v) is 6.37. The summed E-state index contributed by atoms with van der Waals surface area (Å²) in [6.45, 7) is 1.54. The monoisotopic (exact) mass is 370 g/mol. The summed E-state index contributed by atoms with van der Waals surface area (Å²) < 4.78 is 16.4. The molecule has 0 aliphatic rings. The van der Waals surface area contributed by atoms with Crippen LogP contribution in [0.3, 0.4) is 0 Å². The third-order valence-corrected chi connectivity index (χ3v) is 4.65. The van der Waals surface area contributed by atoms with Crippen molar-refractivity contribution in [2.75, 3.05) is 14.2 Å². The van der Waals surface area contributed by atoms with E-state index in [2.05, 4.69) is 10.2 Å². The molecule has 0 spiro atoms. The van der Waals surface area contributed by atoms with E-state index in [-0.39, 0.29) is 5.78 Å². The van der Waals surface area contributed by atoms with Gasteiger partial charge in [-0.3, -0.25) is 4.79 Å². The summed E-state index contributed by atoms with van der Waals surface area (Å²) >= 11 is 1.38. The van der Waals surface area contributed by atoms with Gasteiger partial charge >= 0.3 is 0 Å². The molecule has 0 fully saturated rings. The molecule has 0 aliphatic carbocycles. The van der Waals surface area contributed by atoms with Crippen molar-refractivity contribution in [3.63, 3.8) is 0 Å². The second-order valence-electron chi connectivity index (χ2n) is 5.44. The molecule has 26 heavy (non-hydrogen) atoms. The summed E-state index contributed by atoms with van der Waals surface area (Å²) in [6, 6.07) is 12.8. The zero-order valence-corrected chi connectivity index (χ0v) is 15.5.